The first kappa shape index (κ1) is 16.1. The highest BCUT2D eigenvalue weighted by Crippen LogP contribution is 2.19. The fraction of sp³-hybridized carbons (Fsp3) is 0.364. The number of nitrogens with one attached hydrogen (secondary N) is 2. The van der Waals surface area contributed by atoms with Crippen LogP contribution in [0, 0.1) is 0 Å². The molecule has 2 amide bonds. The van der Waals surface area contributed by atoms with E-state index in [4.69, 9.17) is 10.9 Å². The Labute approximate surface area is 118 Å². The van der Waals surface area contributed by atoms with E-state index >= 15 is 0 Å². The van der Waals surface area contributed by atoms with Gasteiger partial charge < -0.3 is 21.3 Å². The molecule has 0 atom stereocenters. The number of nitrogen functional groups attached to an aromatic ring is 1. The van der Waals surface area contributed by atoms with Crippen molar-refractivity contribution >= 4 is 27.4 Å². The second kappa shape index (κ2) is 6.44. The molecule has 0 radical (unpaired) electrons. The quantitative estimate of drug-likeness (QED) is 0.434. The highest BCUT2D eigenvalue weighted by Gasteiger charge is 2.09. The largest absolute Gasteiger partial charge is 0.399 e. The van der Waals surface area contributed by atoms with Crippen LogP contribution < -0.4 is 21.5 Å². The van der Waals surface area contributed by atoms with Crippen LogP contribution in [0.15, 0.2) is 23.1 Å². The Morgan fingerprint density at radius 3 is 2.45 bits per heavy atom. The second-order valence-corrected chi connectivity index (χ2v) is 5.95. The maximum Gasteiger partial charge on any atom is 0.316 e. The summed E-state index contributed by atoms with van der Waals surface area (Å²) in [6.45, 7) is 0.809. The van der Waals surface area contributed by atoms with Gasteiger partial charge in [0, 0.05) is 38.6 Å². The summed E-state index contributed by atoms with van der Waals surface area (Å²) < 4.78 is 22.5. The zero-order chi connectivity index (χ0) is 15.3. The van der Waals surface area contributed by atoms with Gasteiger partial charge in [-0.25, -0.2) is 18.4 Å². The number of benzene rings is 1. The number of nitrogens with two attached hydrogens (primary N) is 2. The minimum Gasteiger partial charge on any atom is -0.399 e. The monoisotopic (exact) mass is 301 g/mol. The first-order valence-corrected chi connectivity index (χ1v) is 7.37. The van der Waals surface area contributed by atoms with Crippen molar-refractivity contribution in [3.05, 3.63) is 18.2 Å². The van der Waals surface area contributed by atoms with E-state index < -0.39 is 10.0 Å². The molecule has 0 aliphatic carbocycles. The van der Waals surface area contributed by atoms with Crippen molar-refractivity contribution in [2.24, 2.45) is 5.14 Å². The third-order valence-corrected chi connectivity index (χ3v) is 3.29. The molecule has 1 aromatic rings. The molecule has 0 unspecified atom stereocenters. The molecule has 8 nitrogen and oxygen atoms in total. The van der Waals surface area contributed by atoms with Crippen molar-refractivity contribution in [3.8, 4) is 0 Å². The van der Waals surface area contributed by atoms with E-state index in [0.29, 0.717) is 18.8 Å². The molecule has 0 heterocycles. The smallest absolute Gasteiger partial charge is 0.316 e. The average Bonchev–Trinajstić information content (AvgIpc) is 2.32. The van der Waals surface area contributed by atoms with Crippen LogP contribution in [-0.4, -0.2) is 46.5 Å². The van der Waals surface area contributed by atoms with Gasteiger partial charge in [0.15, 0.2) is 0 Å². The van der Waals surface area contributed by atoms with Crippen LogP contribution in [-0.2, 0) is 10.0 Å². The normalized spacial score (nSPS) is 10.9. The molecular weight excluding hydrogens is 282 g/mol. The molecule has 20 heavy (non-hydrogen) atoms. The summed E-state index contributed by atoms with van der Waals surface area (Å²) in [5.74, 6) is 0. The standard InChI is InChI=1S/C11H19N5O3S/c1-16(2)11(17)15-4-3-14-9-5-8(12)6-10(7-9)20(13,18)19/h5-7,14H,3-4,12H2,1-2H3,(H,15,17)(H2,13,18,19). The predicted octanol–water partition coefficient (Wildman–Crippen LogP) is -0.401. The molecule has 0 aromatic heterocycles. The maximum absolute atomic E-state index is 11.3. The van der Waals surface area contributed by atoms with Gasteiger partial charge >= 0.3 is 6.03 Å². The summed E-state index contributed by atoms with van der Waals surface area (Å²) in [7, 11) is -0.524. The molecular formula is C11H19N5O3S. The van der Waals surface area contributed by atoms with Gasteiger partial charge in [0.2, 0.25) is 10.0 Å². The number of carbonyl (C=O) groups excluding carboxylic acids is 1. The van der Waals surface area contributed by atoms with E-state index in [-0.39, 0.29) is 16.6 Å². The molecule has 1 rings (SSSR count). The zero-order valence-corrected chi connectivity index (χ0v) is 12.2. The number of primary sulfonamides is 1. The summed E-state index contributed by atoms with van der Waals surface area (Å²) in [6, 6.07) is 4.06. The SMILES string of the molecule is CN(C)C(=O)NCCNc1cc(N)cc(S(N)(=O)=O)c1. The lowest BCUT2D eigenvalue weighted by molar-refractivity contribution is 0.218. The highest BCUT2D eigenvalue weighted by molar-refractivity contribution is 7.89. The third kappa shape index (κ3) is 4.94. The lowest BCUT2D eigenvalue weighted by Crippen LogP contribution is -2.37. The number of sulfonamides is 1. The van der Waals surface area contributed by atoms with E-state index in [0.717, 1.165) is 0 Å². The molecule has 0 saturated carbocycles. The Bertz CT molecular complexity index is 586. The van der Waals surface area contributed by atoms with Gasteiger partial charge in [-0.05, 0) is 18.2 Å². The fourth-order valence-electron chi connectivity index (χ4n) is 1.42. The number of hydrogen-bond donors (Lipinski definition) is 4. The molecule has 0 spiro atoms. The van der Waals surface area contributed by atoms with Gasteiger partial charge in [0.25, 0.3) is 0 Å². The number of amides is 2. The van der Waals surface area contributed by atoms with Crippen molar-refractivity contribution in [1.82, 2.24) is 10.2 Å². The summed E-state index contributed by atoms with van der Waals surface area (Å²) in [5, 5.41) is 10.7. The van der Waals surface area contributed by atoms with Crippen molar-refractivity contribution in [2.45, 2.75) is 4.90 Å². The van der Waals surface area contributed by atoms with E-state index in [1.165, 1.54) is 17.0 Å². The van der Waals surface area contributed by atoms with Gasteiger partial charge in [-0.1, -0.05) is 0 Å². The highest BCUT2D eigenvalue weighted by atomic mass is 32.2. The lowest BCUT2D eigenvalue weighted by Gasteiger charge is -2.13. The van der Waals surface area contributed by atoms with Crippen LogP contribution >= 0.6 is 0 Å². The average molecular weight is 301 g/mol. The van der Waals surface area contributed by atoms with Crippen molar-refractivity contribution in [2.75, 3.05) is 38.2 Å². The lowest BCUT2D eigenvalue weighted by atomic mass is 10.3. The minimum atomic E-state index is -3.80. The topological polar surface area (TPSA) is 131 Å². The van der Waals surface area contributed by atoms with Gasteiger partial charge in [0.05, 0.1) is 4.90 Å². The van der Waals surface area contributed by atoms with Gasteiger partial charge in [-0.3, -0.25) is 0 Å². The van der Waals surface area contributed by atoms with Crippen molar-refractivity contribution in [3.63, 3.8) is 0 Å². The summed E-state index contributed by atoms with van der Waals surface area (Å²) in [5.41, 5.74) is 6.42. The van der Waals surface area contributed by atoms with Gasteiger partial charge in [-0.2, -0.15) is 0 Å². The Kier molecular flexibility index (Phi) is 5.17. The fourth-order valence-corrected chi connectivity index (χ4v) is 2.01. The van der Waals surface area contributed by atoms with Crippen molar-refractivity contribution in [1.29, 1.82) is 0 Å². The van der Waals surface area contributed by atoms with Gasteiger partial charge in [0.1, 0.15) is 0 Å². The van der Waals surface area contributed by atoms with E-state index in [9.17, 15) is 13.2 Å². The number of hydrogen-bond acceptors (Lipinski definition) is 5. The van der Waals surface area contributed by atoms with Crippen LogP contribution in [0.5, 0.6) is 0 Å². The Balaban J connectivity index is 2.61. The van der Waals surface area contributed by atoms with E-state index in [1.54, 1.807) is 20.2 Å². The second-order valence-electron chi connectivity index (χ2n) is 4.39. The summed E-state index contributed by atoms with van der Waals surface area (Å²) in [4.78, 5) is 12.6. The van der Waals surface area contributed by atoms with Crippen LogP contribution in [0.25, 0.3) is 0 Å². The maximum atomic E-state index is 11.3. The van der Waals surface area contributed by atoms with E-state index in [2.05, 4.69) is 10.6 Å². The van der Waals surface area contributed by atoms with Crippen LogP contribution in [0.2, 0.25) is 0 Å². The molecule has 1 aromatic carbocycles. The number of anilines is 2. The van der Waals surface area contributed by atoms with E-state index in [1.807, 2.05) is 0 Å². The predicted molar refractivity (Wildman–Crippen MR) is 77.8 cm³/mol. The first-order chi connectivity index (χ1) is 9.20. The Hall–Kier alpha value is -2.00. The molecule has 0 aliphatic heterocycles. The summed E-state index contributed by atoms with van der Waals surface area (Å²) in [6.07, 6.45) is 0. The molecule has 9 heteroatoms. The van der Waals surface area contributed by atoms with Crippen LogP contribution in [0.4, 0.5) is 16.2 Å². The number of rotatable bonds is 5. The zero-order valence-electron chi connectivity index (χ0n) is 11.4. The van der Waals surface area contributed by atoms with Crippen molar-refractivity contribution < 1.29 is 13.2 Å². The van der Waals surface area contributed by atoms with Crippen LogP contribution in [0.1, 0.15) is 0 Å². The summed E-state index contributed by atoms with van der Waals surface area (Å²) >= 11 is 0. The molecule has 0 bridgehead atoms. The van der Waals surface area contributed by atoms with Crippen LogP contribution in [0.3, 0.4) is 0 Å². The molecule has 0 saturated heterocycles. The minimum absolute atomic E-state index is 0.0580. The molecule has 0 fully saturated rings. The molecule has 6 N–H and O–H groups in total. The number of carbonyl (C=O) groups is 1. The number of urea groups is 1. The Morgan fingerprint density at radius 1 is 1.25 bits per heavy atom. The Morgan fingerprint density at radius 2 is 1.90 bits per heavy atom. The first-order valence-electron chi connectivity index (χ1n) is 5.82. The molecule has 0 aliphatic rings. The third-order valence-electron chi connectivity index (χ3n) is 2.39. The van der Waals surface area contributed by atoms with Gasteiger partial charge in [-0.15, -0.1) is 0 Å². The number of nitrogens with zero attached hydrogens (tertiary/aromatic N) is 1. The molecule has 112 valence electrons.